The molecule has 5 nitrogen and oxygen atoms in total. The largest absolute Gasteiger partial charge is 0.465 e. The average molecular weight is 256 g/mol. The molecule has 17 heavy (non-hydrogen) atoms. The fraction of sp³-hybridized carbons (Fsp3) is 0.100. The van der Waals surface area contributed by atoms with Crippen LogP contribution in [0.4, 0.5) is 4.39 Å². The van der Waals surface area contributed by atoms with Gasteiger partial charge in [0.15, 0.2) is 5.82 Å². The molecule has 2 rings (SSSR count). The minimum absolute atomic E-state index is 0.0231. The normalized spacial score (nSPS) is 10.3. The molecule has 0 saturated heterocycles. The number of nitrogens with zero attached hydrogens (tertiary/aromatic N) is 3. The number of methoxy groups -OCH3 is 1. The van der Waals surface area contributed by atoms with Gasteiger partial charge >= 0.3 is 5.97 Å². The summed E-state index contributed by atoms with van der Waals surface area (Å²) in [6, 6.07) is 4.18. The zero-order valence-corrected chi connectivity index (χ0v) is 9.48. The second-order valence-electron chi connectivity index (χ2n) is 3.07. The third-order valence-corrected chi connectivity index (χ3v) is 2.40. The van der Waals surface area contributed by atoms with E-state index in [4.69, 9.17) is 11.6 Å². The molecule has 0 aliphatic heterocycles. The smallest absolute Gasteiger partial charge is 0.342 e. The van der Waals surface area contributed by atoms with Gasteiger partial charge in [-0.2, -0.15) is 9.49 Å². The molecule has 0 bridgehead atoms. The molecule has 7 heteroatoms. The highest BCUT2D eigenvalue weighted by Crippen LogP contribution is 2.19. The maximum absolute atomic E-state index is 12.9. The summed E-state index contributed by atoms with van der Waals surface area (Å²) in [7, 11) is 1.23. The maximum atomic E-state index is 12.9. The third-order valence-electron chi connectivity index (χ3n) is 2.03. The molecule has 0 aliphatic rings. The maximum Gasteiger partial charge on any atom is 0.342 e. The van der Waals surface area contributed by atoms with Crippen molar-refractivity contribution < 1.29 is 13.9 Å². The van der Waals surface area contributed by atoms with E-state index >= 15 is 0 Å². The molecule has 0 aromatic carbocycles. The monoisotopic (exact) mass is 255 g/mol. The Balaban J connectivity index is 2.48. The van der Waals surface area contributed by atoms with Gasteiger partial charge in [0.2, 0.25) is 5.95 Å². The number of hydrogen-bond donors (Lipinski definition) is 0. The van der Waals surface area contributed by atoms with Gasteiger partial charge in [-0.05, 0) is 12.1 Å². The van der Waals surface area contributed by atoms with E-state index in [1.807, 2.05) is 0 Å². The Labute approximate surface area is 101 Å². The molecule has 0 N–H and O–H groups in total. The Kier molecular flexibility index (Phi) is 3.06. The molecule has 0 unspecified atom stereocenters. The van der Waals surface area contributed by atoms with Crippen molar-refractivity contribution in [3.05, 3.63) is 41.1 Å². The van der Waals surface area contributed by atoms with Crippen LogP contribution in [0.3, 0.4) is 0 Å². The molecule has 2 heterocycles. The topological polar surface area (TPSA) is 57.0 Å². The van der Waals surface area contributed by atoms with Gasteiger partial charge in [0.05, 0.1) is 13.3 Å². The Morgan fingerprint density at radius 1 is 1.53 bits per heavy atom. The van der Waals surface area contributed by atoms with Crippen molar-refractivity contribution in [3.8, 4) is 5.82 Å². The van der Waals surface area contributed by atoms with E-state index < -0.39 is 11.9 Å². The molecular formula is C10H7ClFN3O2. The first-order chi connectivity index (χ1) is 8.13. The molecule has 0 fully saturated rings. The van der Waals surface area contributed by atoms with Crippen molar-refractivity contribution in [2.24, 2.45) is 0 Å². The van der Waals surface area contributed by atoms with E-state index in [0.717, 1.165) is 4.68 Å². The first kappa shape index (κ1) is 11.5. The van der Waals surface area contributed by atoms with E-state index in [1.54, 1.807) is 0 Å². The van der Waals surface area contributed by atoms with Crippen LogP contribution in [0.2, 0.25) is 5.15 Å². The lowest BCUT2D eigenvalue weighted by Crippen LogP contribution is -2.03. The number of halogens is 2. The van der Waals surface area contributed by atoms with Crippen LogP contribution in [-0.4, -0.2) is 27.8 Å². The first-order valence-electron chi connectivity index (χ1n) is 4.58. The zero-order chi connectivity index (χ0) is 12.4. The summed E-state index contributed by atoms with van der Waals surface area (Å²) in [5.74, 6) is -1.09. The quantitative estimate of drug-likeness (QED) is 0.607. The standard InChI is InChI=1S/C10H7ClFN3O2/c1-17-10(16)6-5-13-15(9(6)11)8-4-2-3-7(12)14-8/h2-5H,1H3. The lowest BCUT2D eigenvalue weighted by Gasteiger charge is -2.02. The lowest BCUT2D eigenvalue weighted by atomic mass is 10.4. The molecule has 2 aromatic heterocycles. The molecule has 2 aromatic rings. The van der Waals surface area contributed by atoms with Crippen LogP contribution >= 0.6 is 11.6 Å². The van der Waals surface area contributed by atoms with Crippen LogP contribution < -0.4 is 0 Å². The Hall–Kier alpha value is -1.95. The minimum atomic E-state index is -0.659. The van der Waals surface area contributed by atoms with E-state index in [-0.39, 0.29) is 16.5 Å². The van der Waals surface area contributed by atoms with Crippen molar-refractivity contribution in [2.75, 3.05) is 7.11 Å². The van der Waals surface area contributed by atoms with Crippen LogP contribution in [-0.2, 0) is 4.74 Å². The number of aromatic nitrogens is 3. The summed E-state index contributed by atoms with van der Waals surface area (Å²) in [5.41, 5.74) is 0.0974. The van der Waals surface area contributed by atoms with Crippen molar-refractivity contribution in [1.29, 1.82) is 0 Å². The second-order valence-corrected chi connectivity index (χ2v) is 3.43. The number of pyridine rings is 1. The number of carbonyl (C=O) groups excluding carboxylic acids is 1. The van der Waals surface area contributed by atoms with Crippen molar-refractivity contribution in [3.63, 3.8) is 0 Å². The van der Waals surface area contributed by atoms with Gasteiger partial charge in [-0.1, -0.05) is 17.7 Å². The Morgan fingerprint density at radius 3 is 2.94 bits per heavy atom. The van der Waals surface area contributed by atoms with Crippen LogP contribution in [0.5, 0.6) is 0 Å². The van der Waals surface area contributed by atoms with Gasteiger partial charge < -0.3 is 4.74 Å². The summed E-state index contributed by atoms with van der Waals surface area (Å²) in [5, 5.41) is 3.87. The molecule has 0 saturated carbocycles. The fourth-order valence-corrected chi connectivity index (χ4v) is 1.51. The number of esters is 1. The average Bonchev–Trinajstić information content (AvgIpc) is 2.70. The molecular weight excluding hydrogens is 249 g/mol. The van der Waals surface area contributed by atoms with E-state index in [2.05, 4.69) is 14.8 Å². The van der Waals surface area contributed by atoms with Crippen LogP contribution in [0.25, 0.3) is 5.82 Å². The van der Waals surface area contributed by atoms with Crippen LogP contribution in [0.1, 0.15) is 10.4 Å². The number of ether oxygens (including phenoxy) is 1. The predicted octanol–water partition coefficient (Wildman–Crippen LogP) is 1.85. The van der Waals surface area contributed by atoms with E-state index in [1.165, 1.54) is 31.5 Å². The summed E-state index contributed by atoms with van der Waals surface area (Å²) < 4.78 is 18.6. The number of rotatable bonds is 2. The molecule has 88 valence electrons. The Morgan fingerprint density at radius 2 is 2.29 bits per heavy atom. The Bertz CT molecular complexity index is 570. The van der Waals surface area contributed by atoms with Gasteiger partial charge in [0.25, 0.3) is 0 Å². The van der Waals surface area contributed by atoms with Gasteiger partial charge in [0, 0.05) is 0 Å². The fourth-order valence-electron chi connectivity index (χ4n) is 1.26. The first-order valence-corrected chi connectivity index (χ1v) is 4.96. The SMILES string of the molecule is COC(=O)c1cnn(-c2cccc(F)n2)c1Cl. The molecule has 0 aliphatic carbocycles. The highest BCUT2D eigenvalue weighted by molar-refractivity contribution is 6.32. The number of carbonyl (C=O) groups is 1. The van der Waals surface area contributed by atoms with Crippen molar-refractivity contribution >= 4 is 17.6 Å². The zero-order valence-electron chi connectivity index (χ0n) is 8.72. The molecule has 0 atom stereocenters. The third kappa shape index (κ3) is 2.12. The van der Waals surface area contributed by atoms with Crippen molar-refractivity contribution in [1.82, 2.24) is 14.8 Å². The second kappa shape index (κ2) is 4.50. The predicted molar refractivity (Wildman–Crippen MR) is 57.7 cm³/mol. The van der Waals surface area contributed by atoms with E-state index in [9.17, 15) is 9.18 Å². The molecule has 0 spiro atoms. The number of hydrogen-bond acceptors (Lipinski definition) is 4. The van der Waals surface area contributed by atoms with Gasteiger partial charge in [0.1, 0.15) is 10.7 Å². The van der Waals surface area contributed by atoms with Crippen molar-refractivity contribution in [2.45, 2.75) is 0 Å². The summed E-state index contributed by atoms with van der Waals surface area (Å²) in [4.78, 5) is 14.9. The minimum Gasteiger partial charge on any atom is -0.465 e. The van der Waals surface area contributed by atoms with Crippen LogP contribution in [0.15, 0.2) is 24.4 Å². The van der Waals surface area contributed by atoms with Crippen LogP contribution in [0, 0.1) is 5.95 Å². The van der Waals surface area contributed by atoms with Gasteiger partial charge in [-0.15, -0.1) is 0 Å². The lowest BCUT2D eigenvalue weighted by molar-refractivity contribution is 0.0601. The summed E-state index contributed by atoms with van der Waals surface area (Å²) in [6.45, 7) is 0. The molecule has 0 amide bonds. The summed E-state index contributed by atoms with van der Waals surface area (Å²) >= 11 is 5.92. The van der Waals surface area contributed by atoms with E-state index in [0.29, 0.717) is 0 Å². The highest BCUT2D eigenvalue weighted by Gasteiger charge is 2.17. The van der Waals surface area contributed by atoms with Gasteiger partial charge in [-0.3, -0.25) is 0 Å². The highest BCUT2D eigenvalue weighted by atomic mass is 35.5. The molecule has 0 radical (unpaired) electrons. The summed E-state index contributed by atoms with van der Waals surface area (Å²) in [6.07, 6.45) is 1.24. The van der Waals surface area contributed by atoms with Gasteiger partial charge in [-0.25, -0.2) is 14.5 Å².